The Balaban J connectivity index is 1.83. The molecule has 1 saturated heterocycles. The molecule has 1 aliphatic rings. The molecular weight excluding hydrogens is 388 g/mol. The van der Waals surface area contributed by atoms with E-state index in [-0.39, 0.29) is 16.4 Å². The van der Waals surface area contributed by atoms with Gasteiger partial charge in [0.25, 0.3) is 15.9 Å². The first-order valence-electron chi connectivity index (χ1n) is 8.31. The van der Waals surface area contributed by atoms with Crippen molar-refractivity contribution >= 4 is 32.4 Å². The lowest BCUT2D eigenvalue weighted by Crippen LogP contribution is -2.41. The van der Waals surface area contributed by atoms with Gasteiger partial charge >= 0.3 is 0 Å². The van der Waals surface area contributed by atoms with E-state index in [0.717, 1.165) is 0 Å². The predicted molar refractivity (Wildman–Crippen MR) is 104 cm³/mol. The number of anilines is 1. The Kier molecular flexibility index (Phi) is 5.81. The molecule has 1 aliphatic heterocycles. The number of rotatable bonds is 5. The van der Waals surface area contributed by atoms with Crippen molar-refractivity contribution in [2.75, 3.05) is 36.4 Å². The van der Waals surface area contributed by atoms with Crippen LogP contribution in [-0.2, 0) is 20.8 Å². The van der Waals surface area contributed by atoms with Gasteiger partial charge in [-0.25, -0.2) is 8.42 Å². The van der Waals surface area contributed by atoms with Gasteiger partial charge in [-0.3, -0.25) is 13.7 Å². The number of benzene rings is 2. The highest BCUT2D eigenvalue weighted by molar-refractivity contribution is 7.92. The third kappa shape index (κ3) is 4.48. The van der Waals surface area contributed by atoms with Gasteiger partial charge in [-0.2, -0.15) is 0 Å². The SMILES string of the molecule is COc1ccccc1NS(=O)(=O)c1cccc(C(=O)N2CCS(=O)CC2)c1. The van der Waals surface area contributed by atoms with Crippen LogP contribution in [0.2, 0.25) is 0 Å². The van der Waals surface area contributed by atoms with Crippen molar-refractivity contribution in [3.63, 3.8) is 0 Å². The van der Waals surface area contributed by atoms with Crippen molar-refractivity contribution in [2.45, 2.75) is 4.90 Å². The number of ether oxygens (including phenoxy) is 1. The Hall–Kier alpha value is -2.39. The van der Waals surface area contributed by atoms with E-state index in [4.69, 9.17) is 4.74 Å². The van der Waals surface area contributed by atoms with E-state index >= 15 is 0 Å². The van der Waals surface area contributed by atoms with Crippen molar-refractivity contribution < 1.29 is 22.2 Å². The zero-order valence-electron chi connectivity index (χ0n) is 14.8. The number of hydrogen-bond acceptors (Lipinski definition) is 5. The molecule has 1 N–H and O–H groups in total. The number of carbonyl (C=O) groups excluding carboxylic acids is 1. The average molecular weight is 409 g/mol. The molecule has 0 radical (unpaired) electrons. The summed E-state index contributed by atoms with van der Waals surface area (Å²) < 4.78 is 44.6. The number of carbonyl (C=O) groups is 1. The van der Waals surface area contributed by atoms with E-state index in [2.05, 4.69) is 4.72 Å². The summed E-state index contributed by atoms with van der Waals surface area (Å²) in [5.74, 6) is 1.02. The summed E-state index contributed by atoms with van der Waals surface area (Å²) in [7, 11) is -3.32. The van der Waals surface area contributed by atoms with Crippen LogP contribution in [0.3, 0.4) is 0 Å². The van der Waals surface area contributed by atoms with Crippen LogP contribution in [-0.4, -0.2) is 55.1 Å². The van der Waals surface area contributed by atoms with Gasteiger partial charge in [-0.15, -0.1) is 0 Å². The Morgan fingerprint density at radius 2 is 1.81 bits per heavy atom. The van der Waals surface area contributed by atoms with Crippen molar-refractivity contribution in [1.29, 1.82) is 0 Å². The zero-order chi connectivity index (χ0) is 19.4. The molecule has 27 heavy (non-hydrogen) atoms. The predicted octanol–water partition coefficient (Wildman–Crippen LogP) is 1.70. The van der Waals surface area contributed by atoms with Crippen LogP contribution in [0.4, 0.5) is 5.69 Å². The lowest BCUT2D eigenvalue weighted by Gasteiger charge is -2.26. The number of amides is 1. The van der Waals surface area contributed by atoms with Gasteiger partial charge in [0.05, 0.1) is 17.7 Å². The first-order chi connectivity index (χ1) is 12.9. The molecular formula is C18H20N2O5S2. The molecule has 0 atom stereocenters. The minimum absolute atomic E-state index is 0.0140. The summed E-state index contributed by atoms with van der Waals surface area (Å²) >= 11 is 0. The molecule has 0 bridgehead atoms. The van der Waals surface area contributed by atoms with Gasteiger partial charge in [0.2, 0.25) is 0 Å². The van der Waals surface area contributed by atoms with E-state index in [9.17, 15) is 17.4 Å². The highest BCUT2D eigenvalue weighted by atomic mass is 32.2. The van der Waals surface area contributed by atoms with Crippen molar-refractivity contribution in [1.82, 2.24) is 4.90 Å². The topological polar surface area (TPSA) is 92.8 Å². The molecule has 0 aromatic heterocycles. The highest BCUT2D eigenvalue weighted by Gasteiger charge is 2.23. The monoisotopic (exact) mass is 408 g/mol. The lowest BCUT2D eigenvalue weighted by molar-refractivity contribution is 0.0771. The maximum atomic E-state index is 12.7. The Labute approximate surface area is 160 Å². The van der Waals surface area contributed by atoms with E-state index in [0.29, 0.717) is 36.0 Å². The molecule has 7 nitrogen and oxygen atoms in total. The summed E-state index contributed by atoms with van der Waals surface area (Å²) in [6.07, 6.45) is 0. The van der Waals surface area contributed by atoms with Crippen molar-refractivity contribution in [3.8, 4) is 5.75 Å². The minimum Gasteiger partial charge on any atom is -0.495 e. The van der Waals surface area contributed by atoms with Crippen LogP contribution >= 0.6 is 0 Å². The molecule has 0 unspecified atom stereocenters. The summed E-state index contributed by atoms with van der Waals surface area (Å²) in [6, 6.07) is 12.6. The van der Waals surface area contributed by atoms with Crippen LogP contribution in [0.5, 0.6) is 5.75 Å². The first-order valence-corrected chi connectivity index (χ1v) is 11.3. The zero-order valence-corrected chi connectivity index (χ0v) is 16.4. The molecule has 2 aromatic carbocycles. The van der Waals surface area contributed by atoms with Crippen LogP contribution in [0.1, 0.15) is 10.4 Å². The quantitative estimate of drug-likeness (QED) is 0.813. The van der Waals surface area contributed by atoms with Crippen LogP contribution in [0.15, 0.2) is 53.4 Å². The largest absolute Gasteiger partial charge is 0.495 e. The number of nitrogens with one attached hydrogen (secondary N) is 1. The first kappa shape index (κ1) is 19.4. The molecule has 9 heteroatoms. The third-order valence-electron chi connectivity index (χ3n) is 4.21. The van der Waals surface area contributed by atoms with Gasteiger partial charge in [0, 0.05) is 41.0 Å². The molecule has 0 spiro atoms. The molecule has 3 rings (SSSR count). The number of hydrogen-bond donors (Lipinski definition) is 1. The molecule has 144 valence electrons. The minimum atomic E-state index is -3.89. The second-order valence-corrected chi connectivity index (χ2v) is 9.35. The number of sulfonamides is 1. The Bertz CT molecular complexity index is 965. The van der Waals surface area contributed by atoms with Gasteiger partial charge in [-0.05, 0) is 30.3 Å². The maximum absolute atomic E-state index is 12.7. The van der Waals surface area contributed by atoms with Crippen LogP contribution < -0.4 is 9.46 Å². The van der Waals surface area contributed by atoms with Crippen molar-refractivity contribution in [2.24, 2.45) is 0 Å². The standard InChI is InChI=1S/C18H20N2O5S2/c1-25-17-8-3-2-7-16(17)19-27(23,24)15-6-4-5-14(13-15)18(21)20-9-11-26(22)12-10-20/h2-8,13,19H,9-12H2,1H3. The molecule has 1 fully saturated rings. The number of nitrogens with zero attached hydrogens (tertiary/aromatic N) is 1. The summed E-state index contributed by atoms with van der Waals surface area (Å²) in [5, 5.41) is 0. The summed E-state index contributed by atoms with van der Waals surface area (Å²) in [5.41, 5.74) is 0.598. The fraction of sp³-hybridized carbons (Fsp3) is 0.278. The lowest BCUT2D eigenvalue weighted by atomic mass is 10.2. The molecule has 0 aliphatic carbocycles. The number of para-hydroxylation sites is 2. The van der Waals surface area contributed by atoms with Crippen LogP contribution in [0, 0.1) is 0 Å². The van der Waals surface area contributed by atoms with E-state index < -0.39 is 20.8 Å². The van der Waals surface area contributed by atoms with Crippen molar-refractivity contribution in [3.05, 3.63) is 54.1 Å². The Morgan fingerprint density at radius 1 is 1.11 bits per heavy atom. The summed E-state index contributed by atoms with van der Waals surface area (Å²) in [4.78, 5) is 14.2. The second-order valence-electron chi connectivity index (χ2n) is 5.97. The average Bonchev–Trinajstić information content (AvgIpc) is 2.68. The fourth-order valence-electron chi connectivity index (χ4n) is 2.75. The normalized spacial score (nSPS) is 15.4. The maximum Gasteiger partial charge on any atom is 0.262 e. The summed E-state index contributed by atoms with van der Waals surface area (Å²) in [6.45, 7) is 0.809. The van der Waals surface area contributed by atoms with Gasteiger partial charge in [-0.1, -0.05) is 18.2 Å². The van der Waals surface area contributed by atoms with Gasteiger partial charge < -0.3 is 9.64 Å². The molecule has 1 heterocycles. The van der Waals surface area contributed by atoms with E-state index in [1.807, 2.05) is 0 Å². The van der Waals surface area contributed by atoms with Gasteiger partial charge in [0.1, 0.15) is 5.75 Å². The van der Waals surface area contributed by atoms with Crippen LogP contribution in [0.25, 0.3) is 0 Å². The smallest absolute Gasteiger partial charge is 0.262 e. The molecule has 1 amide bonds. The van der Waals surface area contributed by atoms with Gasteiger partial charge in [0.15, 0.2) is 0 Å². The highest BCUT2D eigenvalue weighted by Crippen LogP contribution is 2.26. The fourth-order valence-corrected chi connectivity index (χ4v) is 4.92. The van der Waals surface area contributed by atoms with E-state index in [1.165, 1.54) is 25.3 Å². The third-order valence-corrected chi connectivity index (χ3v) is 6.85. The van der Waals surface area contributed by atoms with E-state index in [1.54, 1.807) is 35.2 Å². The molecule has 0 saturated carbocycles. The molecule has 2 aromatic rings. The second kappa shape index (κ2) is 8.10. The Morgan fingerprint density at radius 3 is 2.52 bits per heavy atom. The number of methoxy groups -OCH3 is 1.